The zero-order chi connectivity index (χ0) is 27.0. The van der Waals surface area contributed by atoms with Crippen molar-refractivity contribution in [2.45, 2.75) is 46.8 Å². The third-order valence-electron chi connectivity index (χ3n) is 5.09. The Hall–Kier alpha value is -3.41. The van der Waals surface area contributed by atoms with E-state index in [0.29, 0.717) is 22.6 Å². The average molecular weight is 527 g/mol. The topological polar surface area (TPSA) is 89.5 Å². The van der Waals surface area contributed by atoms with Crippen LogP contribution < -0.4 is 4.74 Å². The molecule has 2 heterocycles. The number of carbonyl (C=O) groups is 2. The summed E-state index contributed by atoms with van der Waals surface area (Å²) in [5.74, 6) is -0.130. The third-order valence-corrected chi connectivity index (χ3v) is 5.37. The van der Waals surface area contributed by atoms with Crippen LogP contribution in [0.5, 0.6) is 5.75 Å². The predicted molar refractivity (Wildman–Crippen MR) is 132 cm³/mol. The lowest BCUT2D eigenvalue weighted by molar-refractivity contribution is -0.153. The van der Waals surface area contributed by atoms with Gasteiger partial charge in [-0.2, -0.15) is 13.2 Å². The highest BCUT2D eigenvalue weighted by Crippen LogP contribution is 2.22. The van der Waals surface area contributed by atoms with Gasteiger partial charge in [0.05, 0.1) is 17.6 Å². The normalized spacial score (nSPS) is 11.1. The first kappa shape index (κ1) is 28.8. The molecule has 196 valence electrons. The fourth-order valence-corrected chi connectivity index (χ4v) is 3.45. The molecule has 3 rings (SSSR count). The van der Waals surface area contributed by atoms with Gasteiger partial charge in [0.15, 0.2) is 11.4 Å². The van der Waals surface area contributed by atoms with E-state index in [1.807, 2.05) is 38.1 Å². The Bertz CT molecular complexity index is 1250. The molecule has 0 aliphatic heterocycles. The number of alkyl halides is 3. The Labute approximate surface area is 212 Å². The summed E-state index contributed by atoms with van der Waals surface area (Å²) in [6, 6.07) is 8.59. The Balaban J connectivity index is 0.000000281. The summed E-state index contributed by atoms with van der Waals surface area (Å²) < 4.78 is 46.9. The lowest BCUT2D eigenvalue weighted by Crippen LogP contribution is -2.42. The molecule has 12 heteroatoms. The second kappa shape index (κ2) is 12.5. The van der Waals surface area contributed by atoms with Gasteiger partial charge in [-0.25, -0.2) is 9.36 Å². The van der Waals surface area contributed by atoms with Crippen molar-refractivity contribution in [3.63, 3.8) is 0 Å². The highest BCUT2D eigenvalue weighted by Gasteiger charge is 2.28. The van der Waals surface area contributed by atoms with E-state index >= 15 is 0 Å². The molecule has 3 aromatic rings. The fourth-order valence-electron chi connectivity index (χ4n) is 3.17. The number of halogens is 3. The van der Waals surface area contributed by atoms with Crippen LogP contribution in [0.2, 0.25) is 0 Å². The number of rotatable bonds is 6. The number of ether oxygens (including phenoxy) is 2. The first-order valence-electron chi connectivity index (χ1n) is 11.1. The lowest BCUT2D eigenvalue weighted by atomic mass is 10.2. The molecule has 0 aliphatic carbocycles. The summed E-state index contributed by atoms with van der Waals surface area (Å²) in [5.41, 5.74) is 2.85. The number of aromatic nitrogens is 3. The smallest absolute Gasteiger partial charge is 0.422 e. The van der Waals surface area contributed by atoms with Gasteiger partial charge in [-0.15, -0.1) is 0 Å². The molecule has 0 atom stereocenters. The van der Waals surface area contributed by atoms with Gasteiger partial charge in [0.1, 0.15) is 12.4 Å². The number of para-hydroxylation sites is 2. The van der Waals surface area contributed by atoms with Crippen LogP contribution in [0.1, 0.15) is 32.0 Å². The summed E-state index contributed by atoms with van der Waals surface area (Å²) in [4.78, 5) is 32.3. The Morgan fingerprint density at radius 1 is 1.19 bits per heavy atom. The second-order valence-corrected chi connectivity index (χ2v) is 8.50. The van der Waals surface area contributed by atoms with Gasteiger partial charge in [-0.05, 0) is 58.1 Å². The first-order valence-corrected chi connectivity index (χ1v) is 11.5. The molecule has 0 saturated carbocycles. The van der Waals surface area contributed by atoms with Gasteiger partial charge >= 0.3 is 18.2 Å². The number of hydrogen-bond acceptors (Lipinski definition) is 6. The molecule has 2 aromatic heterocycles. The van der Waals surface area contributed by atoms with Crippen LogP contribution >= 0.6 is 12.2 Å². The van der Waals surface area contributed by atoms with Crippen LogP contribution in [0.3, 0.4) is 0 Å². The molecule has 36 heavy (non-hydrogen) atoms. The quantitative estimate of drug-likeness (QED) is 0.333. The van der Waals surface area contributed by atoms with E-state index in [2.05, 4.69) is 14.7 Å². The number of esters is 1. The molecule has 1 N–H and O–H groups in total. The fraction of sp³-hybridized carbons (Fsp3) is 0.417. The molecule has 1 aromatic carbocycles. The molecule has 0 aliphatic rings. The minimum atomic E-state index is -4.30. The molecule has 0 radical (unpaired) electrons. The number of H-pyrrole nitrogens is 1. The number of fused-ring (bicyclic) bond motifs is 1. The summed E-state index contributed by atoms with van der Waals surface area (Å²) in [6.45, 7) is 7.76. The number of nitrogens with one attached hydrogen (secondary N) is 1. The van der Waals surface area contributed by atoms with E-state index in [9.17, 15) is 22.8 Å². The van der Waals surface area contributed by atoms with Gasteiger partial charge in [-0.3, -0.25) is 9.78 Å². The van der Waals surface area contributed by atoms with E-state index in [1.165, 1.54) is 23.8 Å². The number of aryl methyl sites for hydroxylation is 1. The molecule has 1 amide bonds. The zero-order valence-corrected chi connectivity index (χ0v) is 21.5. The number of nitrogens with zero attached hydrogens (tertiary/aromatic N) is 3. The largest absolute Gasteiger partial charge is 0.484 e. The maximum absolute atomic E-state index is 12.8. The van der Waals surface area contributed by atoms with Crippen molar-refractivity contribution in [3.05, 3.63) is 52.6 Å². The third kappa shape index (κ3) is 8.08. The molecule has 0 unspecified atom stereocenters. The minimum absolute atomic E-state index is 0.0429. The Morgan fingerprint density at radius 3 is 2.47 bits per heavy atom. The SMILES string of the molecule is CC(=O)OCCN(C(=O)n1c(=S)[nH]c2ccccc21)C(C)C.Cc1nccc(OCC(F)(F)F)c1C. The standard InChI is InChI=1S/C15H19N3O3S.C9H10F3NO/c1-10(2)17(8-9-21-11(3)19)15(20)18-13-7-5-4-6-12(13)16-14(18)22;1-6-7(2)13-4-3-8(6)14-5-9(10,11)12/h4-7,10H,8-9H2,1-3H3,(H,16,22);3-4H,5H2,1-2H3. The molecule has 0 fully saturated rings. The van der Waals surface area contributed by atoms with Gasteiger partial charge in [0.2, 0.25) is 0 Å². The van der Waals surface area contributed by atoms with Crippen molar-refractivity contribution >= 4 is 35.3 Å². The molecular weight excluding hydrogens is 497 g/mol. The van der Waals surface area contributed by atoms with Crippen molar-refractivity contribution in [1.29, 1.82) is 0 Å². The number of pyridine rings is 1. The highest BCUT2D eigenvalue weighted by molar-refractivity contribution is 7.71. The van der Waals surface area contributed by atoms with Crippen LogP contribution in [0.25, 0.3) is 11.0 Å². The first-order chi connectivity index (χ1) is 16.8. The number of imidazole rings is 1. The Morgan fingerprint density at radius 2 is 1.86 bits per heavy atom. The highest BCUT2D eigenvalue weighted by atomic mass is 32.1. The summed E-state index contributed by atoms with van der Waals surface area (Å²) in [7, 11) is 0. The van der Waals surface area contributed by atoms with Gasteiger partial charge in [0, 0.05) is 30.4 Å². The number of benzene rings is 1. The monoisotopic (exact) mass is 526 g/mol. The van der Waals surface area contributed by atoms with Crippen molar-refractivity contribution in [3.8, 4) is 5.75 Å². The average Bonchev–Trinajstić information content (AvgIpc) is 3.12. The summed E-state index contributed by atoms with van der Waals surface area (Å²) in [6.07, 6.45) is -2.88. The Kier molecular flexibility index (Phi) is 10.0. The number of aromatic amines is 1. The maximum Gasteiger partial charge on any atom is 0.422 e. The molecule has 0 spiro atoms. The molecule has 0 saturated heterocycles. The van der Waals surface area contributed by atoms with Crippen LogP contribution in [-0.2, 0) is 9.53 Å². The summed E-state index contributed by atoms with van der Waals surface area (Å²) >= 11 is 5.26. The van der Waals surface area contributed by atoms with Gasteiger partial charge < -0.3 is 19.4 Å². The zero-order valence-electron chi connectivity index (χ0n) is 20.7. The van der Waals surface area contributed by atoms with Crippen molar-refractivity contribution in [1.82, 2.24) is 19.4 Å². The van der Waals surface area contributed by atoms with E-state index < -0.39 is 12.8 Å². The van der Waals surface area contributed by atoms with Crippen LogP contribution in [0.4, 0.5) is 18.0 Å². The van der Waals surface area contributed by atoms with E-state index in [4.69, 9.17) is 17.0 Å². The van der Waals surface area contributed by atoms with Crippen LogP contribution in [0, 0.1) is 18.6 Å². The van der Waals surface area contributed by atoms with E-state index in [-0.39, 0.29) is 30.4 Å². The van der Waals surface area contributed by atoms with Gasteiger partial charge in [-0.1, -0.05) is 12.1 Å². The molecular formula is C24H29F3N4O4S. The maximum atomic E-state index is 12.8. The number of hydrogen-bond donors (Lipinski definition) is 1. The van der Waals surface area contributed by atoms with E-state index in [0.717, 1.165) is 11.0 Å². The van der Waals surface area contributed by atoms with Crippen molar-refractivity contribution < 1.29 is 32.2 Å². The van der Waals surface area contributed by atoms with Crippen molar-refractivity contribution in [2.75, 3.05) is 19.8 Å². The van der Waals surface area contributed by atoms with E-state index in [1.54, 1.807) is 18.7 Å². The minimum Gasteiger partial charge on any atom is -0.484 e. The number of carbonyl (C=O) groups excluding carboxylic acids is 2. The summed E-state index contributed by atoms with van der Waals surface area (Å²) in [5, 5.41) is 0. The molecule has 0 bridgehead atoms. The van der Waals surface area contributed by atoms with Crippen LogP contribution in [-0.4, -0.2) is 63.4 Å². The molecule has 8 nitrogen and oxygen atoms in total. The van der Waals surface area contributed by atoms with Crippen LogP contribution in [0.15, 0.2) is 36.5 Å². The van der Waals surface area contributed by atoms with Crippen molar-refractivity contribution in [2.24, 2.45) is 0 Å². The number of amides is 1. The van der Waals surface area contributed by atoms with Gasteiger partial charge in [0.25, 0.3) is 0 Å². The lowest BCUT2D eigenvalue weighted by Gasteiger charge is -2.26. The predicted octanol–water partition coefficient (Wildman–Crippen LogP) is 5.58. The second-order valence-electron chi connectivity index (χ2n) is 8.12.